The summed E-state index contributed by atoms with van der Waals surface area (Å²) in [6.07, 6.45) is 3.64. The van der Waals surface area contributed by atoms with Crippen LogP contribution in [0.1, 0.15) is 17.2 Å². The number of hydrazine groups is 1. The van der Waals surface area contributed by atoms with E-state index in [0.29, 0.717) is 5.02 Å². The molecule has 3 aromatic rings. The Kier molecular flexibility index (Phi) is 3.65. The van der Waals surface area contributed by atoms with Crippen LogP contribution in [0, 0.1) is 0 Å². The van der Waals surface area contributed by atoms with Gasteiger partial charge in [-0.1, -0.05) is 41.9 Å². The molecule has 0 fully saturated rings. The number of hydrogen-bond donors (Lipinski definition) is 2. The Labute approximate surface area is 122 Å². The molecule has 1 unspecified atom stereocenters. The molecule has 3 nitrogen and oxygen atoms in total. The van der Waals surface area contributed by atoms with Crippen LogP contribution in [-0.4, -0.2) is 4.98 Å². The highest BCUT2D eigenvalue weighted by molar-refractivity contribution is 6.30. The predicted molar refractivity (Wildman–Crippen MR) is 82.4 cm³/mol. The Balaban J connectivity index is 2.17. The Morgan fingerprint density at radius 2 is 1.95 bits per heavy atom. The number of fused-ring (bicyclic) bond motifs is 1. The zero-order valence-electron chi connectivity index (χ0n) is 10.8. The van der Waals surface area contributed by atoms with Gasteiger partial charge in [0.25, 0.3) is 0 Å². The van der Waals surface area contributed by atoms with Crippen LogP contribution in [0.15, 0.2) is 60.9 Å². The van der Waals surface area contributed by atoms with Crippen LogP contribution in [0.4, 0.5) is 0 Å². The van der Waals surface area contributed by atoms with Crippen LogP contribution in [0.25, 0.3) is 10.8 Å². The summed E-state index contributed by atoms with van der Waals surface area (Å²) in [7, 11) is 0. The highest BCUT2D eigenvalue weighted by atomic mass is 35.5. The number of hydrogen-bond acceptors (Lipinski definition) is 3. The van der Waals surface area contributed by atoms with E-state index in [1.807, 2.05) is 48.7 Å². The number of nitrogens with one attached hydrogen (secondary N) is 1. The second-order valence-corrected chi connectivity index (χ2v) is 5.04. The molecule has 0 saturated carbocycles. The first kappa shape index (κ1) is 13.1. The minimum absolute atomic E-state index is 0.111. The van der Waals surface area contributed by atoms with Crippen molar-refractivity contribution in [1.82, 2.24) is 10.4 Å². The normalized spacial score (nSPS) is 12.5. The smallest absolute Gasteiger partial charge is 0.0716 e. The molecule has 0 bridgehead atoms. The van der Waals surface area contributed by atoms with E-state index in [4.69, 9.17) is 17.4 Å². The highest BCUT2D eigenvalue weighted by Crippen LogP contribution is 2.29. The maximum absolute atomic E-state index is 6.07. The summed E-state index contributed by atoms with van der Waals surface area (Å²) in [5.41, 5.74) is 5.01. The molecular weight excluding hydrogens is 270 g/mol. The Morgan fingerprint density at radius 1 is 1.10 bits per heavy atom. The molecule has 0 radical (unpaired) electrons. The van der Waals surface area contributed by atoms with Crippen molar-refractivity contribution in [2.24, 2.45) is 5.84 Å². The molecule has 1 atom stereocenters. The summed E-state index contributed by atoms with van der Waals surface area (Å²) in [6.45, 7) is 0. The fourth-order valence-electron chi connectivity index (χ4n) is 2.45. The average Bonchev–Trinajstić information content (AvgIpc) is 2.48. The van der Waals surface area contributed by atoms with Crippen LogP contribution in [-0.2, 0) is 0 Å². The largest absolute Gasteiger partial charge is 0.271 e. The maximum Gasteiger partial charge on any atom is 0.0716 e. The Morgan fingerprint density at radius 3 is 2.75 bits per heavy atom. The molecule has 3 N–H and O–H groups in total. The van der Waals surface area contributed by atoms with Gasteiger partial charge >= 0.3 is 0 Å². The summed E-state index contributed by atoms with van der Waals surface area (Å²) < 4.78 is 0. The quantitative estimate of drug-likeness (QED) is 0.572. The fourth-order valence-corrected chi connectivity index (χ4v) is 2.65. The number of benzene rings is 2. The average molecular weight is 284 g/mol. The van der Waals surface area contributed by atoms with E-state index in [2.05, 4.69) is 16.5 Å². The predicted octanol–water partition coefficient (Wildman–Crippen LogP) is 3.44. The molecule has 1 heterocycles. The zero-order valence-corrected chi connectivity index (χ0v) is 11.5. The highest BCUT2D eigenvalue weighted by Gasteiger charge is 2.15. The Bertz CT molecular complexity index is 737. The van der Waals surface area contributed by atoms with Gasteiger partial charge in [0.05, 0.1) is 6.04 Å². The Hall–Kier alpha value is -1.94. The number of halogens is 1. The summed E-state index contributed by atoms with van der Waals surface area (Å²) in [5, 5.41) is 2.92. The van der Waals surface area contributed by atoms with Crippen molar-refractivity contribution in [3.05, 3.63) is 77.1 Å². The van der Waals surface area contributed by atoms with Gasteiger partial charge in [0.2, 0.25) is 0 Å². The molecule has 2 aromatic carbocycles. The van der Waals surface area contributed by atoms with E-state index in [-0.39, 0.29) is 6.04 Å². The summed E-state index contributed by atoms with van der Waals surface area (Å²) >= 11 is 6.07. The van der Waals surface area contributed by atoms with E-state index in [0.717, 1.165) is 21.9 Å². The molecule has 0 aliphatic heterocycles. The lowest BCUT2D eigenvalue weighted by Gasteiger charge is -2.19. The van der Waals surface area contributed by atoms with E-state index in [1.165, 1.54) is 0 Å². The number of rotatable bonds is 3. The second-order valence-electron chi connectivity index (χ2n) is 4.60. The molecule has 0 aliphatic carbocycles. The lowest BCUT2D eigenvalue weighted by Crippen LogP contribution is -2.29. The lowest BCUT2D eigenvalue weighted by atomic mass is 9.95. The molecule has 0 saturated heterocycles. The van der Waals surface area contributed by atoms with Crippen LogP contribution in [0.3, 0.4) is 0 Å². The molecule has 0 aliphatic rings. The second kappa shape index (κ2) is 5.59. The molecular formula is C16H14ClN3. The van der Waals surface area contributed by atoms with Gasteiger partial charge < -0.3 is 0 Å². The summed E-state index contributed by atoms with van der Waals surface area (Å²) in [4.78, 5) is 4.15. The molecule has 3 rings (SSSR count). The van der Waals surface area contributed by atoms with Gasteiger partial charge in [-0.2, -0.15) is 0 Å². The standard InChI is InChI=1S/C16H14ClN3/c17-13-5-1-3-11(9-13)16(20-18)15-6-2-4-12-10-19-8-7-14(12)15/h1-10,16,20H,18H2. The third-order valence-corrected chi connectivity index (χ3v) is 3.61. The van der Waals surface area contributed by atoms with Gasteiger partial charge in [-0.15, -0.1) is 0 Å². The minimum atomic E-state index is -0.111. The molecule has 20 heavy (non-hydrogen) atoms. The molecule has 1 aromatic heterocycles. The van der Waals surface area contributed by atoms with Gasteiger partial charge in [0, 0.05) is 22.8 Å². The van der Waals surface area contributed by atoms with E-state index in [1.54, 1.807) is 6.20 Å². The maximum atomic E-state index is 6.07. The van der Waals surface area contributed by atoms with Gasteiger partial charge in [-0.3, -0.25) is 10.8 Å². The molecule has 4 heteroatoms. The molecule has 0 spiro atoms. The first-order valence-electron chi connectivity index (χ1n) is 6.34. The summed E-state index contributed by atoms with van der Waals surface area (Å²) in [6, 6.07) is 15.7. The SMILES string of the molecule is NNC(c1cccc(Cl)c1)c1cccc2cnccc12. The zero-order chi connectivity index (χ0) is 13.9. The van der Waals surface area contributed by atoms with Crippen molar-refractivity contribution in [3.8, 4) is 0 Å². The van der Waals surface area contributed by atoms with Gasteiger partial charge in [0.1, 0.15) is 0 Å². The van der Waals surface area contributed by atoms with Crippen molar-refractivity contribution in [3.63, 3.8) is 0 Å². The van der Waals surface area contributed by atoms with Crippen molar-refractivity contribution >= 4 is 22.4 Å². The monoisotopic (exact) mass is 283 g/mol. The first-order chi connectivity index (χ1) is 9.79. The van der Waals surface area contributed by atoms with Crippen LogP contribution in [0.5, 0.6) is 0 Å². The number of pyridine rings is 1. The van der Waals surface area contributed by atoms with Gasteiger partial charge in [-0.25, -0.2) is 5.43 Å². The fraction of sp³-hybridized carbons (Fsp3) is 0.0625. The van der Waals surface area contributed by atoms with Crippen LogP contribution in [0.2, 0.25) is 5.02 Å². The van der Waals surface area contributed by atoms with Gasteiger partial charge in [-0.05, 0) is 34.7 Å². The van der Waals surface area contributed by atoms with Crippen molar-refractivity contribution in [2.75, 3.05) is 0 Å². The minimum Gasteiger partial charge on any atom is -0.271 e. The molecule has 100 valence electrons. The number of nitrogens with two attached hydrogens (primary N) is 1. The summed E-state index contributed by atoms with van der Waals surface area (Å²) in [5.74, 6) is 5.77. The first-order valence-corrected chi connectivity index (χ1v) is 6.71. The van der Waals surface area contributed by atoms with E-state index >= 15 is 0 Å². The molecule has 0 amide bonds. The number of nitrogens with zero attached hydrogens (tertiary/aromatic N) is 1. The number of aromatic nitrogens is 1. The third-order valence-electron chi connectivity index (χ3n) is 3.37. The van der Waals surface area contributed by atoms with Crippen molar-refractivity contribution in [1.29, 1.82) is 0 Å². The van der Waals surface area contributed by atoms with Gasteiger partial charge in [0.15, 0.2) is 0 Å². The van der Waals surface area contributed by atoms with Crippen LogP contribution >= 0.6 is 11.6 Å². The van der Waals surface area contributed by atoms with E-state index in [9.17, 15) is 0 Å². The van der Waals surface area contributed by atoms with Crippen molar-refractivity contribution in [2.45, 2.75) is 6.04 Å². The van der Waals surface area contributed by atoms with E-state index < -0.39 is 0 Å². The van der Waals surface area contributed by atoms with Crippen LogP contribution < -0.4 is 11.3 Å². The topological polar surface area (TPSA) is 50.9 Å². The van der Waals surface area contributed by atoms with Crippen molar-refractivity contribution < 1.29 is 0 Å². The lowest BCUT2D eigenvalue weighted by molar-refractivity contribution is 0.641. The third kappa shape index (κ3) is 2.39.